The number of unbranched alkanes of at least 4 members (excludes halogenated alkanes) is 1. The maximum Gasteiger partial charge on any atom is 0.345 e. The Morgan fingerprint density at radius 3 is 2.92 bits per heavy atom. The van der Waals surface area contributed by atoms with Crippen LogP contribution in [0.3, 0.4) is 0 Å². The van der Waals surface area contributed by atoms with Crippen molar-refractivity contribution in [2.45, 2.75) is 52.6 Å². The van der Waals surface area contributed by atoms with E-state index >= 15 is 0 Å². The summed E-state index contributed by atoms with van der Waals surface area (Å²) in [7, 11) is 1.66. The molecule has 0 aromatic carbocycles. The summed E-state index contributed by atoms with van der Waals surface area (Å²) >= 11 is 1.75. The fraction of sp³-hybridized carbons (Fsp3) is 0.611. The summed E-state index contributed by atoms with van der Waals surface area (Å²) in [6, 6.07) is 4.21. The molecule has 1 atom stereocenters. The Labute approximate surface area is 152 Å². The van der Waals surface area contributed by atoms with Crippen LogP contribution >= 0.6 is 11.3 Å². The van der Waals surface area contributed by atoms with E-state index in [1.54, 1.807) is 23.0 Å². The van der Waals surface area contributed by atoms with Crippen molar-refractivity contribution in [3.05, 3.63) is 38.2 Å². The summed E-state index contributed by atoms with van der Waals surface area (Å²) in [4.78, 5) is 29.8. The third-order valence-electron chi connectivity index (χ3n) is 4.79. The molecule has 0 bridgehead atoms. The molecule has 0 radical (unpaired) electrons. The van der Waals surface area contributed by atoms with E-state index < -0.39 is 0 Å². The van der Waals surface area contributed by atoms with Gasteiger partial charge in [0.1, 0.15) is 5.82 Å². The van der Waals surface area contributed by atoms with E-state index in [1.807, 2.05) is 4.90 Å². The molecule has 2 aromatic heterocycles. The van der Waals surface area contributed by atoms with Crippen molar-refractivity contribution in [2.24, 2.45) is 13.0 Å². The van der Waals surface area contributed by atoms with E-state index in [4.69, 9.17) is 0 Å². The summed E-state index contributed by atoms with van der Waals surface area (Å²) < 4.78 is 3.03. The number of carbonyl (C=O) groups is 1. The molecule has 0 aliphatic carbocycles. The minimum absolute atomic E-state index is 0.124. The third kappa shape index (κ3) is 3.86. The Bertz CT molecular complexity index is 804. The molecular formula is C18H26N4O2S. The van der Waals surface area contributed by atoms with Crippen molar-refractivity contribution < 1.29 is 4.79 Å². The van der Waals surface area contributed by atoms with Crippen LogP contribution in [0.1, 0.15) is 41.8 Å². The Kier molecular flexibility index (Phi) is 5.42. The van der Waals surface area contributed by atoms with Gasteiger partial charge in [-0.2, -0.15) is 5.10 Å². The van der Waals surface area contributed by atoms with Crippen molar-refractivity contribution in [1.29, 1.82) is 0 Å². The summed E-state index contributed by atoms with van der Waals surface area (Å²) in [6.07, 6.45) is 3.51. The zero-order valence-electron chi connectivity index (χ0n) is 15.2. The normalized spacial score (nSPS) is 16.7. The number of aryl methyl sites for hydroxylation is 3. The zero-order chi connectivity index (χ0) is 18.0. The first-order valence-corrected chi connectivity index (χ1v) is 9.78. The van der Waals surface area contributed by atoms with E-state index in [1.165, 1.54) is 14.4 Å². The number of carbonyl (C=O) groups excluding carboxylic acids is 1. The molecule has 0 saturated carbocycles. The molecule has 25 heavy (non-hydrogen) atoms. The molecule has 0 saturated heterocycles. The Hall–Kier alpha value is -1.89. The van der Waals surface area contributed by atoms with Gasteiger partial charge in [-0.15, -0.1) is 11.3 Å². The number of aromatic nitrogens is 3. The monoisotopic (exact) mass is 362 g/mol. The van der Waals surface area contributed by atoms with E-state index in [0.717, 1.165) is 31.6 Å². The minimum atomic E-state index is -0.132. The average molecular weight is 362 g/mol. The average Bonchev–Trinajstić information content (AvgIpc) is 3.14. The lowest BCUT2D eigenvalue weighted by atomic mass is 9.97. The summed E-state index contributed by atoms with van der Waals surface area (Å²) in [5, 5.41) is 4.25. The summed E-state index contributed by atoms with van der Waals surface area (Å²) in [5.74, 6) is 0.832. The van der Waals surface area contributed by atoms with E-state index in [2.05, 4.69) is 31.1 Å². The third-order valence-corrected chi connectivity index (χ3v) is 5.77. The Balaban J connectivity index is 1.75. The summed E-state index contributed by atoms with van der Waals surface area (Å²) in [5.41, 5.74) is -0.124. The van der Waals surface area contributed by atoms with Crippen molar-refractivity contribution in [3.8, 4) is 0 Å². The lowest BCUT2D eigenvalue weighted by Crippen LogP contribution is -2.41. The van der Waals surface area contributed by atoms with Gasteiger partial charge in [0.25, 0.3) is 0 Å². The Morgan fingerprint density at radius 2 is 2.24 bits per heavy atom. The van der Waals surface area contributed by atoms with Crippen LogP contribution in [0.25, 0.3) is 0 Å². The number of nitrogens with zero attached hydrogens (tertiary/aromatic N) is 4. The highest BCUT2D eigenvalue weighted by atomic mass is 32.1. The van der Waals surface area contributed by atoms with E-state index in [0.29, 0.717) is 19.5 Å². The van der Waals surface area contributed by atoms with E-state index in [-0.39, 0.29) is 17.5 Å². The van der Waals surface area contributed by atoms with Crippen molar-refractivity contribution in [2.75, 3.05) is 6.54 Å². The van der Waals surface area contributed by atoms with Crippen LogP contribution in [-0.2, 0) is 31.4 Å². The van der Waals surface area contributed by atoms with Gasteiger partial charge >= 0.3 is 5.69 Å². The van der Waals surface area contributed by atoms with Gasteiger partial charge in [-0.3, -0.25) is 9.36 Å². The first kappa shape index (κ1) is 17.9. The molecule has 3 heterocycles. The van der Waals surface area contributed by atoms with Gasteiger partial charge in [-0.1, -0.05) is 13.3 Å². The second-order valence-corrected chi connectivity index (χ2v) is 8.17. The van der Waals surface area contributed by atoms with Crippen LogP contribution in [0.5, 0.6) is 0 Å². The number of thiophene rings is 1. The fourth-order valence-corrected chi connectivity index (χ4v) is 4.28. The number of hydrogen-bond acceptors (Lipinski definition) is 4. The van der Waals surface area contributed by atoms with Crippen LogP contribution < -0.4 is 5.69 Å². The molecule has 0 unspecified atom stereocenters. The van der Waals surface area contributed by atoms with Gasteiger partial charge in [-0.05, 0) is 31.9 Å². The molecule has 1 amide bonds. The highest BCUT2D eigenvalue weighted by Gasteiger charge is 2.30. The SMILES string of the molecule is CCCCN(Cc1ccc(C)s1)C(=O)[C@H]1CCc2nn(C)c(=O)n2C1. The molecular weight excluding hydrogens is 336 g/mol. The number of rotatable bonds is 6. The van der Waals surface area contributed by atoms with Gasteiger partial charge in [0, 0.05) is 36.3 Å². The number of amides is 1. The van der Waals surface area contributed by atoms with Gasteiger partial charge < -0.3 is 4.90 Å². The molecule has 7 heteroatoms. The molecule has 3 rings (SSSR count). The van der Waals surface area contributed by atoms with Crippen LogP contribution in [-0.4, -0.2) is 31.7 Å². The van der Waals surface area contributed by atoms with Crippen LogP contribution in [0.15, 0.2) is 16.9 Å². The molecule has 0 spiro atoms. The smallest absolute Gasteiger partial charge is 0.337 e. The van der Waals surface area contributed by atoms with Crippen LogP contribution in [0, 0.1) is 12.8 Å². The topological polar surface area (TPSA) is 60.1 Å². The predicted octanol–water partition coefficient (Wildman–Crippen LogP) is 2.34. The van der Waals surface area contributed by atoms with Gasteiger partial charge in [0.05, 0.1) is 12.5 Å². The predicted molar refractivity (Wildman–Crippen MR) is 98.7 cm³/mol. The molecule has 2 aromatic rings. The highest BCUT2D eigenvalue weighted by molar-refractivity contribution is 7.11. The van der Waals surface area contributed by atoms with Crippen molar-refractivity contribution in [3.63, 3.8) is 0 Å². The van der Waals surface area contributed by atoms with Crippen molar-refractivity contribution in [1.82, 2.24) is 19.2 Å². The molecule has 1 aliphatic rings. The fourth-order valence-electron chi connectivity index (χ4n) is 3.37. The van der Waals surface area contributed by atoms with Crippen molar-refractivity contribution >= 4 is 17.2 Å². The van der Waals surface area contributed by atoms with Gasteiger partial charge in [0.2, 0.25) is 5.91 Å². The highest BCUT2D eigenvalue weighted by Crippen LogP contribution is 2.23. The second kappa shape index (κ2) is 7.56. The standard InChI is InChI=1S/C18H26N4O2S/c1-4-5-10-21(12-15-8-6-13(2)25-15)17(23)14-7-9-16-19-20(3)18(24)22(16)11-14/h6,8,14H,4-5,7,9-12H2,1-3H3/t14-/m0/s1. The lowest BCUT2D eigenvalue weighted by Gasteiger charge is -2.29. The lowest BCUT2D eigenvalue weighted by molar-refractivity contribution is -0.137. The molecule has 0 fully saturated rings. The molecule has 1 aliphatic heterocycles. The molecule has 6 nitrogen and oxygen atoms in total. The molecule has 136 valence electrons. The maximum atomic E-state index is 13.1. The number of hydrogen-bond donors (Lipinski definition) is 0. The Morgan fingerprint density at radius 1 is 1.44 bits per heavy atom. The second-order valence-electron chi connectivity index (χ2n) is 6.79. The first-order chi connectivity index (χ1) is 12.0. The van der Waals surface area contributed by atoms with Crippen LogP contribution in [0.4, 0.5) is 0 Å². The maximum absolute atomic E-state index is 13.1. The zero-order valence-corrected chi connectivity index (χ0v) is 16.0. The minimum Gasteiger partial charge on any atom is -0.337 e. The summed E-state index contributed by atoms with van der Waals surface area (Å²) in [6.45, 7) is 6.12. The van der Waals surface area contributed by atoms with Crippen LogP contribution in [0.2, 0.25) is 0 Å². The first-order valence-electron chi connectivity index (χ1n) is 8.96. The number of fused-ring (bicyclic) bond motifs is 1. The van der Waals surface area contributed by atoms with Gasteiger partial charge in [0.15, 0.2) is 0 Å². The van der Waals surface area contributed by atoms with Gasteiger partial charge in [-0.25, -0.2) is 9.48 Å². The largest absolute Gasteiger partial charge is 0.345 e. The molecule has 0 N–H and O–H groups in total. The quantitative estimate of drug-likeness (QED) is 0.792. The van der Waals surface area contributed by atoms with E-state index in [9.17, 15) is 9.59 Å².